The number of esters is 1. The zero-order valence-electron chi connectivity index (χ0n) is 12.6. The smallest absolute Gasteiger partial charge is 0.343 e. The summed E-state index contributed by atoms with van der Waals surface area (Å²) in [6.07, 6.45) is 0. The molecule has 6 nitrogen and oxygen atoms in total. The Balaban J connectivity index is 1.83. The first-order valence-corrected chi connectivity index (χ1v) is 7.15. The molecule has 3 aromatic rings. The van der Waals surface area contributed by atoms with Gasteiger partial charge in [-0.25, -0.2) is 10.3 Å². The number of rotatable bonds is 4. The fourth-order valence-electron chi connectivity index (χ4n) is 2.29. The van der Waals surface area contributed by atoms with Crippen LogP contribution in [-0.2, 0) is 0 Å². The molecule has 0 bridgehead atoms. The molecule has 0 saturated heterocycles. The van der Waals surface area contributed by atoms with Gasteiger partial charge < -0.3 is 10.5 Å². The highest BCUT2D eigenvalue weighted by atomic mass is 16.5. The van der Waals surface area contributed by atoms with Crippen molar-refractivity contribution < 1.29 is 9.53 Å². The summed E-state index contributed by atoms with van der Waals surface area (Å²) in [7, 11) is 0. The van der Waals surface area contributed by atoms with E-state index < -0.39 is 5.97 Å². The quantitative estimate of drug-likeness (QED) is 0.222. The van der Waals surface area contributed by atoms with Crippen LogP contribution in [0.3, 0.4) is 0 Å². The lowest BCUT2D eigenvalue weighted by molar-refractivity contribution is 0.0735. The average molecular weight is 318 g/mol. The van der Waals surface area contributed by atoms with E-state index in [1.54, 1.807) is 42.5 Å². The number of benzene rings is 3. The molecule has 0 fully saturated rings. The maximum absolute atomic E-state index is 12.1. The standard InChI is InChI=1S/C18H14N4O2/c19-17(20)14-2-1-13-10-16(8-5-12(13)9-14)24-18(23)11-3-6-15(22-21)7-4-11/h1-10,21H,(H3,19,20). The molecule has 24 heavy (non-hydrogen) atoms. The van der Waals surface area contributed by atoms with E-state index in [0.29, 0.717) is 22.6 Å². The Bertz CT molecular complexity index is 949. The van der Waals surface area contributed by atoms with Crippen molar-refractivity contribution in [2.75, 3.05) is 0 Å². The van der Waals surface area contributed by atoms with Crippen LogP contribution >= 0.6 is 0 Å². The number of ether oxygens (including phenoxy) is 1. The second kappa shape index (κ2) is 6.29. The first-order valence-electron chi connectivity index (χ1n) is 7.15. The second-order valence-electron chi connectivity index (χ2n) is 5.19. The van der Waals surface area contributed by atoms with Crippen LogP contribution < -0.4 is 10.5 Å². The number of nitrogen functional groups attached to an aromatic ring is 1. The molecule has 0 aliphatic heterocycles. The van der Waals surface area contributed by atoms with Gasteiger partial charge in [0.1, 0.15) is 11.6 Å². The van der Waals surface area contributed by atoms with Crippen LogP contribution in [0.15, 0.2) is 65.8 Å². The minimum atomic E-state index is -0.480. The largest absolute Gasteiger partial charge is 0.423 e. The molecular weight excluding hydrogens is 304 g/mol. The van der Waals surface area contributed by atoms with E-state index in [9.17, 15) is 4.79 Å². The lowest BCUT2D eigenvalue weighted by Crippen LogP contribution is -2.10. The zero-order chi connectivity index (χ0) is 17.1. The topological polar surface area (TPSA) is 112 Å². The maximum Gasteiger partial charge on any atom is 0.343 e. The summed E-state index contributed by atoms with van der Waals surface area (Å²) in [6.45, 7) is 0. The van der Waals surface area contributed by atoms with E-state index in [1.807, 2.05) is 18.2 Å². The summed E-state index contributed by atoms with van der Waals surface area (Å²) in [5.74, 6) is -0.0427. The number of nitrogens with one attached hydrogen (secondary N) is 2. The van der Waals surface area contributed by atoms with Gasteiger partial charge in [0.2, 0.25) is 0 Å². The van der Waals surface area contributed by atoms with Crippen LogP contribution in [0.4, 0.5) is 5.69 Å². The molecule has 0 atom stereocenters. The molecule has 0 aliphatic rings. The van der Waals surface area contributed by atoms with Gasteiger partial charge in [0, 0.05) is 5.56 Å². The number of hydrogen-bond donors (Lipinski definition) is 3. The van der Waals surface area contributed by atoms with Crippen molar-refractivity contribution in [2.45, 2.75) is 0 Å². The second-order valence-corrected chi connectivity index (χ2v) is 5.19. The molecule has 0 aliphatic carbocycles. The Morgan fingerprint density at radius 3 is 2.21 bits per heavy atom. The summed E-state index contributed by atoms with van der Waals surface area (Å²) in [6, 6.07) is 16.9. The van der Waals surface area contributed by atoms with E-state index in [0.717, 1.165) is 10.8 Å². The molecule has 0 amide bonds. The van der Waals surface area contributed by atoms with Crippen molar-refractivity contribution in [1.29, 1.82) is 10.9 Å². The van der Waals surface area contributed by atoms with Crippen LogP contribution in [-0.4, -0.2) is 11.8 Å². The lowest BCUT2D eigenvalue weighted by Gasteiger charge is -2.07. The van der Waals surface area contributed by atoms with Gasteiger partial charge in [-0.1, -0.05) is 18.2 Å². The average Bonchev–Trinajstić information content (AvgIpc) is 2.61. The van der Waals surface area contributed by atoms with Gasteiger partial charge in [0.05, 0.1) is 11.3 Å². The van der Waals surface area contributed by atoms with Crippen LogP contribution in [0.5, 0.6) is 5.75 Å². The number of amidine groups is 1. The van der Waals surface area contributed by atoms with Gasteiger partial charge in [-0.2, -0.15) is 5.11 Å². The van der Waals surface area contributed by atoms with Crippen molar-refractivity contribution >= 4 is 28.3 Å². The Hall–Kier alpha value is -3.54. The van der Waals surface area contributed by atoms with E-state index in [1.165, 1.54) is 0 Å². The summed E-state index contributed by atoms with van der Waals surface area (Å²) < 4.78 is 5.38. The van der Waals surface area contributed by atoms with E-state index >= 15 is 0 Å². The van der Waals surface area contributed by atoms with Gasteiger partial charge in [0.15, 0.2) is 0 Å². The molecule has 0 spiro atoms. The van der Waals surface area contributed by atoms with Gasteiger partial charge >= 0.3 is 5.97 Å². The van der Waals surface area contributed by atoms with E-state index in [4.69, 9.17) is 21.4 Å². The molecule has 0 unspecified atom stereocenters. The highest BCUT2D eigenvalue weighted by Crippen LogP contribution is 2.23. The fourth-order valence-corrected chi connectivity index (χ4v) is 2.29. The zero-order valence-corrected chi connectivity index (χ0v) is 12.6. The van der Waals surface area contributed by atoms with E-state index in [2.05, 4.69) is 5.11 Å². The van der Waals surface area contributed by atoms with Gasteiger partial charge in [-0.05, 0) is 53.2 Å². The predicted octanol–water partition coefficient (Wildman–Crippen LogP) is 4.01. The number of hydrogen-bond acceptors (Lipinski definition) is 5. The molecule has 0 aromatic heterocycles. The molecule has 3 rings (SSSR count). The van der Waals surface area contributed by atoms with Crippen molar-refractivity contribution in [3.05, 3.63) is 71.8 Å². The molecule has 4 N–H and O–H groups in total. The third-order valence-corrected chi connectivity index (χ3v) is 3.57. The minimum absolute atomic E-state index is 0.00950. The number of fused-ring (bicyclic) bond motifs is 1. The summed E-state index contributed by atoms with van der Waals surface area (Å²) in [5.41, 5.74) is 13.9. The summed E-state index contributed by atoms with van der Waals surface area (Å²) in [4.78, 5) is 12.1. The highest BCUT2D eigenvalue weighted by Gasteiger charge is 2.09. The van der Waals surface area contributed by atoms with Crippen LogP contribution in [0.2, 0.25) is 0 Å². The molecule has 6 heteroatoms. The predicted molar refractivity (Wildman–Crippen MR) is 91.2 cm³/mol. The lowest BCUT2D eigenvalue weighted by atomic mass is 10.1. The monoisotopic (exact) mass is 318 g/mol. The fraction of sp³-hybridized carbons (Fsp3) is 0. The van der Waals surface area contributed by atoms with Crippen LogP contribution in [0.25, 0.3) is 10.8 Å². The third-order valence-electron chi connectivity index (χ3n) is 3.57. The number of carbonyl (C=O) groups excluding carboxylic acids is 1. The van der Waals surface area contributed by atoms with Crippen molar-refractivity contribution in [2.24, 2.45) is 10.8 Å². The van der Waals surface area contributed by atoms with Crippen molar-refractivity contribution in [1.82, 2.24) is 0 Å². The first kappa shape index (κ1) is 15.4. The minimum Gasteiger partial charge on any atom is -0.423 e. The van der Waals surface area contributed by atoms with Gasteiger partial charge in [-0.3, -0.25) is 5.41 Å². The molecule has 3 aromatic carbocycles. The SMILES string of the molecule is N=Nc1ccc(C(=O)Oc2ccc3cc(C(=N)N)ccc3c2)cc1. The molecule has 118 valence electrons. The molecule has 0 radical (unpaired) electrons. The number of carbonyl (C=O) groups is 1. The maximum atomic E-state index is 12.1. The number of nitrogens with zero attached hydrogens (tertiary/aromatic N) is 1. The van der Waals surface area contributed by atoms with Gasteiger partial charge in [-0.15, -0.1) is 0 Å². The van der Waals surface area contributed by atoms with Crippen LogP contribution in [0.1, 0.15) is 15.9 Å². The number of nitrogens with two attached hydrogens (primary N) is 1. The third kappa shape index (κ3) is 3.12. The van der Waals surface area contributed by atoms with Gasteiger partial charge in [0.25, 0.3) is 0 Å². The summed E-state index contributed by atoms with van der Waals surface area (Å²) >= 11 is 0. The molecule has 0 saturated carbocycles. The van der Waals surface area contributed by atoms with Crippen LogP contribution in [0, 0.1) is 10.9 Å². The summed E-state index contributed by atoms with van der Waals surface area (Å²) in [5, 5.41) is 12.5. The Morgan fingerprint density at radius 1 is 0.917 bits per heavy atom. The Kier molecular flexibility index (Phi) is 4.03. The van der Waals surface area contributed by atoms with Crippen molar-refractivity contribution in [3.8, 4) is 5.75 Å². The normalized spacial score (nSPS) is 10.3. The Labute approximate surface area is 137 Å². The Morgan fingerprint density at radius 2 is 1.54 bits per heavy atom. The van der Waals surface area contributed by atoms with E-state index in [-0.39, 0.29) is 5.84 Å². The molecule has 0 heterocycles. The molecular formula is C18H14N4O2. The van der Waals surface area contributed by atoms with Crippen molar-refractivity contribution in [3.63, 3.8) is 0 Å². The first-order chi connectivity index (χ1) is 11.6. The highest BCUT2D eigenvalue weighted by molar-refractivity contribution is 5.99.